The van der Waals surface area contributed by atoms with Gasteiger partial charge in [0.1, 0.15) is 12.4 Å². The molecule has 0 spiro atoms. The Labute approximate surface area is 134 Å². The van der Waals surface area contributed by atoms with E-state index in [-0.39, 0.29) is 18.2 Å². The van der Waals surface area contributed by atoms with Crippen molar-refractivity contribution in [1.29, 1.82) is 0 Å². The first-order chi connectivity index (χ1) is 11.5. The van der Waals surface area contributed by atoms with Gasteiger partial charge >= 0.3 is 12.6 Å². The van der Waals surface area contributed by atoms with Crippen molar-refractivity contribution < 1.29 is 23.0 Å². The van der Waals surface area contributed by atoms with E-state index in [1.54, 1.807) is 12.3 Å². The van der Waals surface area contributed by atoms with Gasteiger partial charge in [-0.1, -0.05) is 12.1 Å². The lowest BCUT2D eigenvalue weighted by molar-refractivity contribution is -0.0498. The quantitative estimate of drug-likeness (QED) is 0.667. The van der Waals surface area contributed by atoms with Gasteiger partial charge < -0.3 is 9.47 Å². The van der Waals surface area contributed by atoms with Crippen molar-refractivity contribution in [2.45, 2.75) is 20.1 Å². The Morgan fingerprint density at radius 3 is 2.67 bits per heavy atom. The zero-order valence-corrected chi connectivity index (χ0v) is 12.5. The van der Waals surface area contributed by atoms with Gasteiger partial charge in [-0.25, -0.2) is 14.3 Å². The SMILES string of the molecule is Cc1ccnc2nc(C(=O)OCc3ccc(OC(F)F)cc3)nn12. The average molecular weight is 334 g/mol. The molecule has 0 fully saturated rings. The molecule has 0 aliphatic heterocycles. The highest BCUT2D eigenvalue weighted by atomic mass is 19.3. The summed E-state index contributed by atoms with van der Waals surface area (Å²) in [4.78, 5) is 20.0. The monoisotopic (exact) mass is 334 g/mol. The maximum Gasteiger partial charge on any atom is 0.387 e. The summed E-state index contributed by atoms with van der Waals surface area (Å²) in [6.07, 6.45) is 1.57. The van der Waals surface area contributed by atoms with Crippen LogP contribution in [0.5, 0.6) is 5.75 Å². The van der Waals surface area contributed by atoms with E-state index in [4.69, 9.17) is 4.74 Å². The number of alkyl halides is 2. The summed E-state index contributed by atoms with van der Waals surface area (Å²) in [6.45, 7) is -1.12. The second-order valence-electron chi connectivity index (χ2n) is 4.83. The van der Waals surface area contributed by atoms with Gasteiger partial charge in [-0.05, 0) is 30.7 Å². The van der Waals surface area contributed by atoms with Crippen molar-refractivity contribution in [2.24, 2.45) is 0 Å². The Hall–Kier alpha value is -3.10. The third kappa shape index (κ3) is 3.45. The summed E-state index contributed by atoms with van der Waals surface area (Å²) < 4.78 is 34.9. The minimum atomic E-state index is -2.88. The molecule has 0 N–H and O–H groups in total. The third-order valence-corrected chi connectivity index (χ3v) is 3.13. The number of hydrogen-bond donors (Lipinski definition) is 0. The number of ether oxygens (including phenoxy) is 2. The fraction of sp³-hybridized carbons (Fsp3) is 0.200. The molecule has 0 atom stereocenters. The van der Waals surface area contributed by atoms with Crippen LogP contribution in [0.4, 0.5) is 8.78 Å². The lowest BCUT2D eigenvalue weighted by Gasteiger charge is -2.06. The van der Waals surface area contributed by atoms with Gasteiger partial charge in [0.2, 0.25) is 0 Å². The molecule has 0 amide bonds. The number of esters is 1. The number of fused-ring (bicyclic) bond motifs is 1. The number of carbonyl (C=O) groups is 1. The fourth-order valence-electron chi connectivity index (χ4n) is 1.97. The van der Waals surface area contributed by atoms with Crippen LogP contribution >= 0.6 is 0 Å². The normalized spacial score (nSPS) is 11.0. The number of carbonyl (C=O) groups excluding carboxylic acids is 1. The second-order valence-corrected chi connectivity index (χ2v) is 4.83. The van der Waals surface area contributed by atoms with Gasteiger partial charge in [-0.2, -0.15) is 13.8 Å². The van der Waals surface area contributed by atoms with Crippen LogP contribution in [-0.4, -0.2) is 32.2 Å². The van der Waals surface area contributed by atoms with E-state index in [0.29, 0.717) is 11.3 Å². The molecule has 3 aromatic rings. The predicted molar refractivity (Wildman–Crippen MR) is 77.7 cm³/mol. The van der Waals surface area contributed by atoms with Crippen LogP contribution in [0.1, 0.15) is 21.9 Å². The standard InChI is InChI=1S/C15H12F2N4O3/c1-9-6-7-18-15-19-12(20-21(9)15)13(22)23-8-10-2-4-11(5-3-10)24-14(16)17/h2-7,14H,8H2,1H3. The Balaban J connectivity index is 1.65. The van der Waals surface area contributed by atoms with Gasteiger partial charge in [0.05, 0.1) is 0 Å². The van der Waals surface area contributed by atoms with Crippen molar-refractivity contribution in [2.75, 3.05) is 0 Å². The number of hydrogen-bond acceptors (Lipinski definition) is 6. The van der Waals surface area contributed by atoms with E-state index >= 15 is 0 Å². The molecule has 9 heteroatoms. The van der Waals surface area contributed by atoms with E-state index in [0.717, 1.165) is 5.69 Å². The van der Waals surface area contributed by atoms with E-state index in [1.165, 1.54) is 28.8 Å². The van der Waals surface area contributed by atoms with Crippen LogP contribution in [0.3, 0.4) is 0 Å². The molecule has 1 aromatic carbocycles. The first-order valence-electron chi connectivity index (χ1n) is 6.92. The van der Waals surface area contributed by atoms with Crippen molar-refractivity contribution in [3.63, 3.8) is 0 Å². The fourth-order valence-corrected chi connectivity index (χ4v) is 1.97. The molecule has 2 aromatic heterocycles. The van der Waals surface area contributed by atoms with Gasteiger partial charge in [0.15, 0.2) is 0 Å². The van der Waals surface area contributed by atoms with E-state index in [2.05, 4.69) is 19.8 Å². The molecule has 0 aliphatic carbocycles. The molecule has 0 saturated heterocycles. The third-order valence-electron chi connectivity index (χ3n) is 3.13. The van der Waals surface area contributed by atoms with Crippen LogP contribution in [0, 0.1) is 6.92 Å². The number of benzene rings is 1. The van der Waals surface area contributed by atoms with E-state index in [9.17, 15) is 13.6 Å². The van der Waals surface area contributed by atoms with Crippen LogP contribution in [0.25, 0.3) is 5.78 Å². The summed E-state index contributed by atoms with van der Waals surface area (Å²) >= 11 is 0. The van der Waals surface area contributed by atoms with Crippen LogP contribution in [0.2, 0.25) is 0 Å². The highest BCUT2D eigenvalue weighted by molar-refractivity contribution is 5.85. The predicted octanol–water partition coefficient (Wildman–Crippen LogP) is 2.39. The molecule has 0 radical (unpaired) electrons. The maximum absolute atomic E-state index is 12.1. The highest BCUT2D eigenvalue weighted by Crippen LogP contribution is 2.15. The molecular formula is C15H12F2N4O3. The number of halogens is 2. The van der Waals surface area contributed by atoms with Crippen molar-refractivity contribution in [1.82, 2.24) is 19.6 Å². The molecule has 3 rings (SSSR count). The molecule has 0 aliphatic rings. The largest absolute Gasteiger partial charge is 0.455 e. The Morgan fingerprint density at radius 2 is 2.00 bits per heavy atom. The number of rotatable bonds is 5. The number of aromatic nitrogens is 4. The van der Waals surface area contributed by atoms with Crippen LogP contribution in [0.15, 0.2) is 36.5 Å². The molecule has 2 heterocycles. The lowest BCUT2D eigenvalue weighted by atomic mass is 10.2. The Kier molecular flexibility index (Phi) is 4.32. The van der Waals surface area contributed by atoms with E-state index in [1.807, 2.05) is 6.92 Å². The van der Waals surface area contributed by atoms with Crippen molar-refractivity contribution in [3.8, 4) is 5.75 Å². The molecule has 0 saturated carbocycles. The molecule has 124 valence electrons. The summed E-state index contributed by atoms with van der Waals surface area (Å²) in [6, 6.07) is 7.51. The van der Waals surface area contributed by atoms with E-state index < -0.39 is 12.6 Å². The lowest BCUT2D eigenvalue weighted by Crippen LogP contribution is -2.08. The molecule has 0 bridgehead atoms. The van der Waals surface area contributed by atoms with Gasteiger partial charge in [-0.3, -0.25) is 0 Å². The highest BCUT2D eigenvalue weighted by Gasteiger charge is 2.16. The van der Waals surface area contributed by atoms with Gasteiger partial charge in [0, 0.05) is 11.9 Å². The first kappa shape index (κ1) is 15.8. The minimum Gasteiger partial charge on any atom is -0.455 e. The van der Waals surface area contributed by atoms with Gasteiger partial charge in [0.25, 0.3) is 11.6 Å². The summed E-state index contributed by atoms with van der Waals surface area (Å²) in [5, 5.41) is 4.04. The Morgan fingerprint density at radius 1 is 1.25 bits per heavy atom. The van der Waals surface area contributed by atoms with Crippen molar-refractivity contribution in [3.05, 3.63) is 53.6 Å². The summed E-state index contributed by atoms with van der Waals surface area (Å²) in [7, 11) is 0. The maximum atomic E-state index is 12.1. The average Bonchev–Trinajstić information content (AvgIpc) is 2.99. The number of aryl methyl sites for hydroxylation is 1. The van der Waals surface area contributed by atoms with Crippen LogP contribution < -0.4 is 4.74 Å². The summed E-state index contributed by atoms with van der Waals surface area (Å²) in [5.74, 6) is -0.471. The first-order valence-corrected chi connectivity index (χ1v) is 6.92. The van der Waals surface area contributed by atoms with Gasteiger partial charge in [-0.15, -0.1) is 5.10 Å². The number of nitrogens with zero attached hydrogens (tertiary/aromatic N) is 4. The molecule has 7 nitrogen and oxygen atoms in total. The van der Waals surface area contributed by atoms with Crippen LogP contribution in [-0.2, 0) is 11.3 Å². The molecule has 24 heavy (non-hydrogen) atoms. The smallest absolute Gasteiger partial charge is 0.387 e. The topological polar surface area (TPSA) is 78.6 Å². The molecular weight excluding hydrogens is 322 g/mol. The zero-order valence-electron chi connectivity index (χ0n) is 12.5. The minimum absolute atomic E-state index is 0.0312. The van der Waals surface area contributed by atoms with Crippen molar-refractivity contribution >= 4 is 11.7 Å². The Bertz CT molecular complexity index is 865. The second kappa shape index (κ2) is 6.57. The summed E-state index contributed by atoms with van der Waals surface area (Å²) in [5.41, 5.74) is 1.39. The molecule has 0 unspecified atom stereocenters. The zero-order chi connectivity index (χ0) is 17.1.